The number of aromatic amines is 1. The van der Waals surface area contributed by atoms with Gasteiger partial charge in [-0.15, -0.1) is 0 Å². The number of nitrogen functional groups attached to an aromatic ring is 1. The molecule has 0 spiro atoms. The second kappa shape index (κ2) is 6.24. The van der Waals surface area contributed by atoms with Crippen molar-refractivity contribution in [3.05, 3.63) is 28.8 Å². The van der Waals surface area contributed by atoms with Crippen LogP contribution >= 0.6 is 0 Å². The summed E-state index contributed by atoms with van der Waals surface area (Å²) in [4.78, 5) is 22.2. The average Bonchev–Trinajstić information content (AvgIpc) is 3.01. The number of nitrogens with two attached hydrogens (primary N) is 1. The monoisotopic (exact) mass is 312 g/mol. The van der Waals surface area contributed by atoms with Crippen molar-refractivity contribution in [2.45, 2.75) is 18.6 Å². The van der Waals surface area contributed by atoms with Crippen molar-refractivity contribution in [3.63, 3.8) is 0 Å². The number of halogens is 1. The molecule has 0 radical (unpaired) electrons. The summed E-state index contributed by atoms with van der Waals surface area (Å²) in [6, 6.07) is -0.263. The zero-order chi connectivity index (χ0) is 17.1. The maximum atomic E-state index is 11.7. The summed E-state index contributed by atoms with van der Waals surface area (Å²) in [6.07, 6.45) is 1.20. The van der Waals surface area contributed by atoms with Crippen LogP contribution in [0, 0.1) is 5.92 Å². The molecule has 2 aromatic rings. The quantitative estimate of drug-likeness (QED) is 0.566. The van der Waals surface area contributed by atoms with Crippen LogP contribution in [0.4, 0.5) is 10.3 Å². The Morgan fingerprint density at radius 2 is 2.41 bits per heavy atom. The smallest absolute Gasteiger partial charge is 0.280 e. The van der Waals surface area contributed by atoms with E-state index in [0.717, 1.165) is 0 Å². The molecule has 0 saturated heterocycles. The minimum absolute atomic E-state index is 0.00659. The van der Waals surface area contributed by atoms with Crippen molar-refractivity contribution in [1.29, 1.82) is 0 Å². The molecule has 1 saturated carbocycles. The Bertz CT molecular complexity index is 762. The minimum Gasteiger partial charge on any atom is -0.396 e. The predicted molar refractivity (Wildman–Crippen MR) is 79.0 cm³/mol. The van der Waals surface area contributed by atoms with Crippen LogP contribution in [0.1, 0.15) is 13.8 Å². The molecule has 0 aromatic carbocycles. The third kappa shape index (κ3) is 2.48. The van der Waals surface area contributed by atoms with Gasteiger partial charge in [-0.25, -0.2) is 4.98 Å². The number of aromatic nitrogens is 4. The molecule has 0 amide bonds. The number of hydrogen-bond donors (Lipinski definition) is 4. The first-order chi connectivity index (χ1) is 10.9. The third-order valence-electron chi connectivity index (χ3n) is 3.82. The van der Waals surface area contributed by atoms with Crippen LogP contribution in [0.25, 0.3) is 11.2 Å². The highest BCUT2D eigenvalue weighted by atomic mass is 19.1. The van der Waals surface area contributed by atoms with E-state index >= 15 is 0 Å². The molecule has 120 valence electrons. The largest absolute Gasteiger partial charge is 0.396 e. The Morgan fingerprint density at radius 3 is 3.00 bits per heavy atom. The molecule has 0 bridgehead atoms. The molecule has 0 unspecified atom stereocenters. The number of aliphatic hydroxyl groups is 2. The summed E-state index contributed by atoms with van der Waals surface area (Å²) < 4.78 is 17.2. The van der Waals surface area contributed by atoms with Crippen LogP contribution in [0.2, 0.25) is 0 Å². The maximum absolute atomic E-state index is 11.7. The van der Waals surface area contributed by atoms with E-state index in [9.17, 15) is 19.4 Å². The Labute approximate surface area is 126 Å². The number of nitrogens with one attached hydrogen (secondary N) is 1. The second-order valence-electron chi connectivity index (χ2n) is 4.96. The van der Waals surface area contributed by atoms with Crippen LogP contribution in [-0.2, 0) is 0 Å². The number of rotatable bonds is 2. The predicted octanol–water partition coefficient (Wildman–Crippen LogP) is -0.242. The number of aliphatic hydroxyl groups excluding tert-OH is 2. The van der Waals surface area contributed by atoms with Crippen molar-refractivity contribution >= 4 is 17.1 Å². The first-order valence-corrected chi connectivity index (χ1v) is 6.49. The Kier molecular flexibility index (Phi) is 4.16. The molecule has 8 nitrogen and oxygen atoms in total. The van der Waals surface area contributed by atoms with E-state index in [0.29, 0.717) is 17.6 Å². The molecule has 3 atom stereocenters. The zero-order valence-electron chi connectivity index (χ0n) is 12.7. The Hall–Kier alpha value is -2.26. The lowest BCUT2D eigenvalue weighted by Gasteiger charge is -2.15. The highest BCUT2D eigenvalue weighted by Crippen LogP contribution is 2.39. The first kappa shape index (κ1) is 14.7. The number of imidazole rings is 1. The second-order valence-corrected chi connectivity index (χ2v) is 4.96. The molecule has 2 aromatic heterocycles. The maximum Gasteiger partial charge on any atom is 0.280 e. The van der Waals surface area contributed by atoms with Gasteiger partial charge in [0.25, 0.3) is 5.56 Å². The Morgan fingerprint density at radius 1 is 1.73 bits per heavy atom. The van der Waals surface area contributed by atoms with E-state index in [-0.39, 0.29) is 30.0 Å². The number of anilines is 1. The molecule has 0 aliphatic heterocycles. The summed E-state index contributed by atoms with van der Waals surface area (Å²) in [7, 11) is -1.00. The summed E-state index contributed by atoms with van der Waals surface area (Å²) >= 11 is 0. The van der Waals surface area contributed by atoms with Gasteiger partial charge in [-0.1, -0.05) is 6.58 Å². The zero-order valence-corrected chi connectivity index (χ0v) is 11.7. The number of hydrogen-bond acceptors (Lipinski definition) is 6. The molecular weight excluding hydrogens is 293 g/mol. The molecule has 3 rings (SSSR count). The van der Waals surface area contributed by atoms with Gasteiger partial charge in [0.05, 0.1) is 33.6 Å². The van der Waals surface area contributed by atoms with Crippen molar-refractivity contribution in [1.82, 2.24) is 19.5 Å². The van der Waals surface area contributed by atoms with Crippen LogP contribution in [0.3, 0.4) is 0 Å². The molecule has 1 aliphatic carbocycles. The summed E-state index contributed by atoms with van der Waals surface area (Å²) in [5.74, 6) is -0.371. The van der Waals surface area contributed by atoms with Gasteiger partial charge in [-0.2, -0.15) is 4.98 Å². The van der Waals surface area contributed by atoms with Crippen LogP contribution in [-0.4, -0.2) is 49.6 Å². The molecule has 5 N–H and O–H groups in total. The van der Waals surface area contributed by atoms with Crippen molar-refractivity contribution in [2.24, 2.45) is 5.92 Å². The number of H-pyrrole nitrogens is 1. The van der Waals surface area contributed by atoms with Gasteiger partial charge >= 0.3 is 0 Å². The van der Waals surface area contributed by atoms with Crippen LogP contribution < -0.4 is 11.3 Å². The van der Waals surface area contributed by atoms with Gasteiger partial charge in [-0.05, 0) is 12.0 Å². The van der Waals surface area contributed by atoms with Crippen molar-refractivity contribution in [3.8, 4) is 0 Å². The van der Waals surface area contributed by atoms with Crippen molar-refractivity contribution in [2.75, 3.05) is 19.5 Å². The first-order valence-electron chi connectivity index (χ1n) is 7.20. The van der Waals surface area contributed by atoms with Gasteiger partial charge < -0.3 is 20.5 Å². The van der Waals surface area contributed by atoms with Crippen LogP contribution in [0.15, 0.2) is 23.3 Å². The molecule has 22 heavy (non-hydrogen) atoms. The molecular formula is C13H18FN5O3. The number of fused-ring (bicyclic) bond motifs is 1. The highest BCUT2D eigenvalue weighted by Gasteiger charge is 2.37. The SMILES string of the molecule is C=C1[C@H](CO)[C@@H](O)C[C@@H]1n1cnc2c(=O)[nH]c(N)nc21.[2H]CF. The third-order valence-corrected chi connectivity index (χ3v) is 3.82. The van der Waals surface area contributed by atoms with E-state index in [4.69, 9.17) is 7.10 Å². The van der Waals surface area contributed by atoms with Gasteiger partial charge in [0, 0.05) is 5.92 Å². The van der Waals surface area contributed by atoms with Gasteiger partial charge in [0.1, 0.15) is 0 Å². The standard InChI is InChI=1S/C12H15N5O3.CH3F/c1-5-6(3-18)8(19)2-7(5)17-4-14-9-10(17)15-12(13)16-11(9)20;1-2/h4,6-8,18-19H,1-3H2,(H3,13,15,16,20);1H3/t6-,7-,8-;/m0./s1/i;1D. The molecule has 2 heterocycles. The van der Waals surface area contributed by atoms with E-state index in [1.165, 1.54) is 6.33 Å². The van der Waals surface area contributed by atoms with E-state index in [1.807, 2.05) is 0 Å². The highest BCUT2D eigenvalue weighted by molar-refractivity contribution is 5.70. The number of nitrogens with zero attached hydrogens (tertiary/aromatic N) is 3. The average molecular weight is 312 g/mol. The lowest BCUT2D eigenvalue weighted by molar-refractivity contribution is 0.101. The fourth-order valence-electron chi connectivity index (χ4n) is 2.74. The lowest BCUT2D eigenvalue weighted by Crippen LogP contribution is -2.17. The fraction of sp³-hybridized carbons (Fsp3) is 0.462. The number of alkyl halides is 1. The van der Waals surface area contributed by atoms with Crippen molar-refractivity contribution < 1.29 is 16.0 Å². The fourth-order valence-corrected chi connectivity index (χ4v) is 2.74. The van der Waals surface area contributed by atoms with E-state index < -0.39 is 18.8 Å². The van der Waals surface area contributed by atoms with E-state index in [1.54, 1.807) is 4.57 Å². The summed E-state index contributed by atoms with van der Waals surface area (Å²) in [6.45, 7) is 3.76. The minimum atomic E-state index is -1.00. The molecule has 1 aliphatic rings. The normalized spacial score (nSPS) is 25.0. The van der Waals surface area contributed by atoms with Gasteiger partial charge in [-0.3, -0.25) is 14.2 Å². The lowest BCUT2D eigenvalue weighted by atomic mass is 10.0. The van der Waals surface area contributed by atoms with Gasteiger partial charge in [0.2, 0.25) is 5.95 Å². The van der Waals surface area contributed by atoms with Gasteiger partial charge in [0.15, 0.2) is 11.2 Å². The van der Waals surface area contributed by atoms with E-state index in [2.05, 4.69) is 21.5 Å². The summed E-state index contributed by atoms with van der Waals surface area (Å²) in [5.41, 5.74) is 6.37. The Balaban J connectivity index is 0.000000595. The van der Waals surface area contributed by atoms with Crippen LogP contribution in [0.5, 0.6) is 0 Å². The molecule has 1 fully saturated rings. The molecule has 9 heteroatoms. The summed E-state index contributed by atoms with van der Waals surface area (Å²) in [5, 5.41) is 19.2. The topological polar surface area (TPSA) is 130 Å².